The summed E-state index contributed by atoms with van der Waals surface area (Å²) in [5.74, 6) is 2.55. The first-order valence-corrected chi connectivity index (χ1v) is 5.46. The second-order valence-electron chi connectivity index (χ2n) is 2.56. The predicted molar refractivity (Wildman–Crippen MR) is 45.8 cm³/mol. The van der Waals surface area contributed by atoms with E-state index in [0.717, 1.165) is 0 Å². The van der Waals surface area contributed by atoms with Crippen molar-refractivity contribution in [1.29, 1.82) is 0 Å². The molecule has 2 nitrogen and oxygen atoms in total. The molecule has 2 unspecified atom stereocenters. The van der Waals surface area contributed by atoms with Crippen molar-refractivity contribution >= 4 is 7.37 Å². The van der Waals surface area contributed by atoms with Gasteiger partial charge in [-0.05, 0) is 0 Å². The van der Waals surface area contributed by atoms with Gasteiger partial charge in [0.05, 0.1) is 0 Å². The van der Waals surface area contributed by atoms with Crippen molar-refractivity contribution in [2.45, 2.75) is 0 Å². The molecule has 0 bridgehead atoms. The Bertz CT molecular complexity index is 249. The van der Waals surface area contributed by atoms with Crippen molar-refractivity contribution in [2.24, 2.45) is 5.92 Å². The zero-order chi connectivity index (χ0) is 8.32. The van der Waals surface area contributed by atoms with Crippen LogP contribution in [0.3, 0.4) is 0 Å². The van der Waals surface area contributed by atoms with Crippen molar-refractivity contribution < 1.29 is 9.09 Å². The number of rotatable bonds is 1. The van der Waals surface area contributed by atoms with Crippen LogP contribution in [0, 0.1) is 18.3 Å². The van der Waals surface area contributed by atoms with E-state index in [9.17, 15) is 4.57 Å². The maximum Gasteiger partial charge on any atom is 0.208 e. The summed E-state index contributed by atoms with van der Waals surface area (Å²) in [5, 5.41) is 0. The molecule has 1 aliphatic rings. The lowest BCUT2D eigenvalue weighted by molar-refractivity contribution is 0.392. The lowest BCUT2D eigenvalue weighted by Gasteiger charge is -2.20. The molecule has 0 fully saturated rings. The lowest BCUT2D eigenvalue weighted by Crippen LogP contribution is -2.09. The molecule has 0 N–H and O–H groups in total. The highest BCUT2D eigenvalue weighted by Gasteiger charge is 2.26. The largest absolute Gasteiger partial charge is 0.332 e. The summed E-state index contributed by atoms with van der Waals surface area (Å²) in [6.45, 7) is 0. The molecule has 1 rings (SSSR count). The molecule has 0 aromatic carbocycles. The quantitative estimate of drug-likeness (QED) is 0.340. The Hall–Kier alpha value is -0.510. The maximum atomic E-state index is 11.6. The molecule has 1 heterocycles. The van der Waals surface area contributed by atoms with E-state index in [0.29, 0.717) is 12.3 Å². The standard InChI is InChI=1S/C8H11O2P/c1-3-8-5-4-6-11(9,7-8)10-2/h1,4-5,8H,6-7H2,2H3. The molecule has 60 valence electrons. The van der Waals surface area contributed by atoms with Gasteiger partial charge in [0.15, 0.2) is 0 Å². The fourth-order valence-electron chi connectivity index (χ4n) is 1.08. The van der Waals surface area contributed by atoms with Crippen LogP contribution in [0.25, 0.3) is 0 Å². The minimum Gasteiger partial charge on any atom is -0.332 e. The smallest absolute Gasteiger partial charge is 0.208 e. The van der Waals surface area contributed by atoms with Crippen LogP contribution in [-0.4, -0.2) is 19.4 Å². The Labute approximate surface area is 67.1 Å². The van der Waals surface area contributed by atoms with Crippen molar-refractivity contribution in [3.63, 3.8) is 0 Å². The van der Waals surface area contributed by atoms with E-state index in [2.05, 4.69) is 5.92 Å². The molecule has 0 saturated carbocycles. The highest BCUT2D eigenvalue weighted by molar-refractivity contribution is 7.59. The molecule has 0 spiro atoms. The van der Waals surface area contributed by atoms with Gasteiger partial charge in [0.2, 0.25) is 7.37 Å². The topological polar surface area (TPSA) is 26.3 Å². The predicted octanol–water partition coefficient (Wildman–Crippen LogP) is 1.73. The molecular weight excluding hydrogens is 159 g/mol. The van der Waals surface area contributed by atoms with Crippen LogP contribution in [0.2, 0.25) is 0 Å². The van der Waals surface area contributed by atoms with Gasteiger partial charge in [0.1, 0.15) is 0 Å². The van der Waals surface area contributed by atoms with Crippen molar-refractivity contribution in [3.8, 4) is 12.3 Å². The van der Waals surface area contributed by atoms with Crippen LogP contribution in [0.4, 0.5) is 0 Å². The molecule has 11 heavy (non-hydrogen) atoms. The third kappa shape index (κ3) is 1.96. The second-order valence-corrected chi connectivity index (χ2v) is 5.29. The number of hydrogen-bond donors (Lipinski definition) is 0. The third-order valence-corrected chi connectivity index (χ3v) is 4.16. The van der Waals surface area contributed by atoms with Gasteiger partial charge >= 0.3 is 0 Å². The fourth-order valence-corrected chi connectivity index (χ4v) is 2.79. The Kier molecular flexibility index (Phi) is 2.54. The molecule has 0 radical (unpaired) electrons. The van der Waals surface area contributed by atoms with E-state index in [1.807, 2.05) is 12.2 Å². The van der Waals surface area contributed by atoms with E-state index < -0.39 is 7.37 Å². The number of hydrogen-bond acceptors (Lipinski definition) is 2. The summed E-state index contributed by atoms with van der Waals surface area (Å²) in [7, 11) is -0.917. The molecule has 3 heteroatoms. The monoisotopic (exact) mass is 170 g/mol. The molecular formula is C8H11O2P. The lowest BCUT2D eigenvalue weighted by atomic mass is 10.2. The second kappa shape index (κ2) is 3.26. The molecule has 2 atom stereocenters. The summed E-state index contributed by atoms with van der Waals surface area (Å²) < 4.78 is 16.5. The van der Waals surface area contributed by atoms with Crippen LogP contribution in [0.5, 0.6) is 0 Å². The first-order chi connectivity index (χ1) is 5.20. The van der Waals surface area contributed by atoms with Gasteiger partial charge < -0.3 is 4.52 Å². The SMILES string of the molecule is C#CC1C=CCP(=O)(OC)C1. The number of terminal acetylenes is 1. The summed E-state index contributed by atoms with van der Waals surface area (Å²) >= 11 is 0. The third-order valence-electron chi connectivity index (χ3n) is 1.77. The van der Waals surface area contributed by atoms with Gasteiger partial charge in [0, 0.05) is 25.4 Å². The molecule has 0 aromatic rings. The van der Waals surface area contributed by atoms with Crippen LogP contribution in [0.15, 0.2) is 12.2 Å². The molecule has 0 aromatic heterocycles. The highest BCUT2D eigenvalue weighted by Crippen LogP contribution is 2.49. The van der Waals surface area contributed by atoms with Gasteiger partial charge in [-0.25, -0.2) is 0 Å². The van der Waals surface area contributed by atoms with Crippen molar-refractivity contribution in [3.05, 3.63) is 12.2 Å². The Morgan fingerprint density at radius 3 is 3.09 bits per heavy atom. The Morgan fingerprint density at radius 2 is 2.55 bits per heavy atom. The van der Waals surface area contributed by atoms with E-state index in [4.69, 9.17) is 10.9 Å². The van der Waals surface area contributed by atoms with E-state index >= 15 is 0 Å². The van der Waals surface area contributed by atoms with Gasteiger partial charge in [-0.3, -0.25) is 4.57 Å². The summed E-state index contributed by atoms with van der Waals surface area (Å²) in [4.78, 5) is 0. The van der Waals surface area contributed by atoms with Crippen LogP contribution < -0.4 is 0 Å². The van der Waals surface area contributed by atoms with Gasteiger partial charge in [-0.1, -0.05) is 18.1 Å². The van der Waals surface area contributed by atoms with E-state index in [-0.39, 0.29) is 5.92 Å². The summed E-state index contributed by atoms with van der Waals surface area (Å²) in [6.07, 6.45) is 9.98. The van der Waals surface area contributed by atoms with Crippen LogP contribution >= 0.6 is 7.37 Å². The average Bonchev–Trinajstić information content (AvgIpc) is 2.05. The average molecular weight is 170 g/mol. The van der Waals surface area contributed by atoms with Crippen LogP contribution in [0.1, 0.15) is 0 Å². The Morgan fingerprint density at radius 1 is 1.82 bits per heavy atom. The van der Waals surface area contributed by atoms with Crippen LogP contribution in [-0.2, 0) is 9.09 Å². The normalized spacial score (nSPS) is 36.5. The Balaban J connectivity index is 2.74. The highest BCUT2D eigenvalue weighted by atomic mass is 31.2. The number of allylic oxidation sites excluding steroid dienone is 2. The molecule has 1 aliphatic heterocycles. The van der Waals surface area contributed by atoms with Gasteiger partial charge in [-0.15, -0.1) is 6.42 Å². The molecule has 0 saturated heterocycles. The zero-order valence-electron chi connectivity index (χ0n) is 6.49. The van der Waals surface area contributed by atoms with Gasteiger partial charge in [-0.2, -0.15) is 0 Å². The van der Waals surface area contributed by atoms with E-state index in [1.165, 1.54) is 7.11 Å². The first-order valence-electron chi connectivity index (χ1n) is 3.47. The fraction of sp³-hybridized carbons (Fsp3) is 0.500. The molecule has 0 amide bonds. The summed E-state index contributed by atoms with van der Waals surface area (Å²) in [5.41, 5.74) is 0. The molecule has 0 aliphatic carbocycles. The van der Waals surface area contributed by atoms with Crippen molar-refractivity contribution in [2.75, 3.05) is 19.4 Å². The minimum atomic E-state index is -2.40. The minimum absolute atomic E-state index is 0.00506. The maximum absolute atomic E-state index is 11.6. The van der Waals surface area contributed by atoms with Gasteiger partial charge in [0.25, 0.3) is 0 Å². The summed E-state index contributed by atoms with van der Waals surface area (Å²) in [6, 6.07) is 0. The van der Waals surface area contributed by atoms with Crippen molar-refractivity contribution in [1.82, 2.24) is 0 Å². The van der Waals surface area contributed by atoms with E-state index in [1.54, 1.807) is 0 Å². The zero-order valence-corrected chi connectivity index (χ0v) is 7.38. The first kappa shape index (κ1) is 8.59.